The van der Waals surface area contributed by atoms with Gasteiger partial charge >= 0.3 is 5.97 Å². The molecule has 0 atom stereocenters. The maximum atomic E-state index is 12.3. The molecule has 2 aromatic rings. The molecule has 1 heterocycles. The van der Waals surface area contributed by atoms with Crippen molar-refractivity contribution < 1.29 is 19.4 Å². The second kappa shape index (κ2) is 7.59. The number of carbonyl (C=O) groups excluding carboxylic acids is 1. The minimum absolute atomic E-state index is 0.0160. The summed E-state index contributed by atoms with van der Waals surface area (Å²) in [4.78, 5) is 27.1. The normalized spacial score (nSPS) is 10.9. The van der Waals surface area contributed by atoms with Gasteiger partial charge in [0.1, 0.15) is 17.2 Å². The van der Waals surface area contributed by atoms with Crippen molar-refractivity contribution in [2.75, 3.05) is 0 Å². The first-order valence-electron chi connectivity index (χ1n) is 7.59. The van der Waals surface area contributed by atoms with E-state index in [-0.39, 0.29) is 18.0 Å². The Morgan fingerprint density at radius 2 is 1.88 bits per heavy atom. The summed E-state index contributed by atoms with van der Waals surface area (Å²) in [6.07, 6.45) is 1.81. The van der Waals surface area contributed by atoms with E-state index < -0.39 is 11.5 Å². The minimum atomic E-state index is -0.895. The first-order chi connectivity index (χ1) is 11.4. The van der Waals surface area contributed by atoms with Crippen LogP contribution in [0.4, 0.5) is 0 Å². The highest BCUT2D eigenvalue weighted by molar-refractivity contribution is 5.93. The quantitative estimate of drug-likeness (QED) is 0.814. The van der Waals surface area contributed by atoms with E-state index in [1.807, 2.05) is 30.3 Å². The van der Waals surface area contributed by atoms with Crippen LogP contribution < -0.4 is 10.1 Å². The molecule has 0 unspecified atom stereocenters. The molecule has 6 heteroatoms. The Labute approximate surface area is 140 Å². The molecule has 24 heavy (non-hydrogen) atoms. The lowest BCUT2D eigenvalue weighted by Crippen LogP contribution is -2.44. The summed E-state index contributed by atoms with van der Waals surface area (Å²) >= 11 is 0. The maximum absolute atomic E-state index is 12.3. The Kier molecular flexibility index (Phi) is 5.52. The molecule has 126 valence electrons. The monoisotopic (exact) mass is 328 g/mol. The van der Waals surface area contributed by atoms with Crippen LogP contribution in [0, 0.1) is 0 Å². The number of carbonyl (C=O) groups is 2. The minimum Gasteiger partial charge on any atom is -0.481 e. The van der Waals surface area contributed by atoms with Crippen LogP contribution in [0.3, 0.4) is 0 Å². The highest BCUT2D eigenvalue weighted by Crippen LogP contribution is 2.21. The summed E-state index contributed by atoms with van der Waals surface area (Å²) in [7, 11) is 0. The molecular weight excluding hydrogens is 308 g/mol. The van der Waals surface area contributed by atoms with Gasteiger partial charge in [-0.1, -0.05) is 18.2 Å². The highest BCUT2D eigenvalue weighted by atomic mass is 16.5. The molecule has 0 aliphatic carbocycles. The Balaban J connectivity index is 2.04. The molecule has 0 fully saturated rings. The fourth-order valence-electron chi connectivity index (χ4n) is 2.08. The second-order valence-corrected chi connectivity index (χ2v) is 6.02. The Morgan fingerprint density at radius 1 is 1.17 bits per heavy atom. The summed E-state index contributed by atoms with van der Waals surface area (Å²) in [5, 5.41) is 11.6. The number of para-hydroxylation sites is 1. The number of nitrogens with one attached hydrogen (secondary N) is 1. The number of carboxylic acids is 1. The summed E-state index contributed by atoms with van der Waals surface area (Å²) < 4.78 is 5.68. The van der Waals surface area contributed by atoms with E-state index in [2.05, 4.69) is 10.3 Å². The summed E-state index contributed by atoms with van der Waals surface area (Å²) in [5.41, 5.74) is -0.431. The molecule has 0 saturated heterocycles. The van der Waals surface area contributed by atoms with Crippen molar-refractivity contribution in [3.05, 3.63) is 54.4 Å². The third-order valence-corrected chi connectivity index (χ3v) is 3.36. The topological polar surface area (TPSA) is 88.5 Å². The predicted molar refractivity (Wildman–Crippen MR) is 89.2 cm³/mol. The number of benzene rings is 1. The van der Waals surface area contributed by atoms with Crippen LogP contribution in [0.25, 0.3) is 0 Å². The fraction of sp³-hybridized carbons (Fsp3) is 0.278. The van der Waals surface area contributed by atoms with E-state index in [4.69, 9.17) is 9.84 Å². The molecule has 2 N–H and O–H groups in total. The summed E-state index contributed by atoms with van der Waals surface area (Å²) in [5.74, 6) is -0.0980. The number of aliphatic carboxylic acids is 1. The zero-order valence-electron chi connectivity index (χ0n) is 13.7. The average molecular weight is 328 g/mol. The van der Waals surface area contributed by atoms with Gasteiger partial charge < -0.3 is 15.2 Å². The van der Waals surface area contributed by atoms with E-state index in [9.17, 15) is 9.59 Å². The van der Waals surface area contributed by atoms with Gasteiger partial charge in [0.25, 0.3) is 5.91 Å². The standard InChI is InChI=1S/C18H20N2O4/c1-18(2,10-8-16(21)22)20-17(23)15-12-14(9-11-19-15)24-13-6-4-3-5-7-13/h3-7,9,11-12H,8,10H2,1-2H3,(H,20,23)(H,21,22). The lowest BCUT2D eigenvalue weighted by atomic mass is 9.98. The van der Waals surface area contributed by atoms with Crippen molar-refractivity contribution >= 4 is 11.9 Å². The van der Waals surface area contributed by atoms with Crippen molar-refractivity contribution in [3.63, 3.8) is 0 Å². The van der Waals surface area contributed by atoms with Gasteiger partial charge in [0, 0.05) is 24.2 Å². The number of aromatic nitrogens is 1. The number of rotatable bonds is 7. The molecule has 0 aliphatic heterocycles. The van der Waals surface area contributed by atoms with Crippen LogP contribution in [0.15, 0.2) is 48.7 Å². The second-order valence-electron chi connectivity index (χ2n) is 6.02. The molecule has 0 radical (unpaired) electrons. The number of amides is 1. The molecule has 0 bridgehead atoms. The third kappa shape index (κ3) is 5.39. The van der Waals surface area contributed by atoms with Gasteiger partial charge in [0.15, 0.2) is 0 Å². The number of hydrogen-bond donors (Lipinski definition) is 2. The van der Waals surface area contributed by atoms with Crippen molar-refractivity contribution in [1.29, 1.82) is 0 Å². The molecule has 1 aromatic heterocycles. The van der Waals surface area contributed by atoms with Gasteiger partial charge in [-0.3, -0.25) is 14.6 Å². The fourth-order valence-corrected chi connectivity index (χ4v) is 2.08. The predicted octanol–water partition coefficient (Wildman–Crippen LogP) is 3.25. The van der Waals surface area contributed by atoms with Crippen LogP contribution in [0.5, 0.6) is 11.5 Å². The van der Waals surface area contributed by atoms with Crippen molar-refractivity contribution in [2.24, 2.45) is 0 Å². The van der Waals surface area contributed by atoms with Crippen LogP contribution in [0.2, 0.25) is 0 Å². The molecule has 0 aliphatic rings. The van der Waals surface area contributed by atoms with Crippen molar-refractivity contribution in [1.82, 2.24) is 10.3 Å². The van der Waals surface area contributed by atoms with Crippen LogP contribution >= 0.6 is 0 Å². The van der Waals surface area contributed by atoms with Crippen molar-refractivity contribution in [2.45, 2.75) is 32.2 Å². The van der Waals surface area contributed by atoms with Crippen LogP contribution in [-0.4, -0.2) is 27.5 Å². The van der Waals surface area contributed by atoms with E-state index in [0.717, 1.165) is 0 Å². The van der Waals surface area contributed by atoms with Gasteiger partial charge in [-0.15, -0.1) is 0 Å². The van der Waals surface area contributed by atoms with Crippen LogP contribution in [0.1, 0.15) is 37.2 Å². The zero-order valence-corrected chi connectivity index (χ0v) is 13.7. The van der Waals surface area contributed by atoms with E-state index >= 15 is 0 Å². The van der Waals surface area contributed by atoms with Gasteiger partial charge in [0.2, 0.25) is 0 Å². The van der Waals surface area contributed by atoms with Gasteiger partial charge in [0.05, 0.1) is 0 Å². The number of ether oxygens (including phenoxy) is 1. The van der Waals surface area contributed by atoms with E-state index in [1.165, 1.54) is 6.20 Å². The Hall–Kier alpha value is -2.89. The molecule has 1 aromatic carbocycles. The number of nitrogens with zero attached hydrogens (tertiary/aromatic N) is 1. The lowest BCUT2D eigenvalue weighted by molar-refractivity contribution is -0.137. The SMILES string of the molecule is CC(C)(CCC(=O)O)NC(=O)c1cc(Oc2ccccc2)ccn1. The zero-order chi connectivity index (χ0) is 17.6. The molecule has 0 spiro atoms. The highest BCUT2D eigenvalue weighted by Gasteiger charge is 2.23. The number of hydrogen-bond acceptors (Lipinski definition) is 4. The molecule has 2 rings (SSSR count). The van der Waals surface area contributed by atoms with E-state index in [1.54, 1.807) is 26.0 Å². The van der Waals surface area contributed by atoms with Crippen molar-refractivity contribution in [3.8, 4) is 11.5 Å². The molecule has 6 nitrogen and oxygen atoms in total. The number of carboxylic acid groups (broad SMARTS) is 1. The van der Waals surface area contributed by atoms with Gasteiger partial charge in [-0.25, -0.2) is 0 Å². The Morgan fingerprint density at radius 3 is 2.54 bits per heavy atom. The molecule has 0 saturated carbocycles. The first kappa shape index (κ1) is 17.5. The average Bonchev–Trinajstić information content (AvgIpc) is 2.54. The maximum Gasteiger partial charge on any atom is 0.303 e. The third-order valence-electron chi connectivity index (χ3n) is 3.36. The summed E-state index contributed by atoms with van der Waals surface area (Å²) in [6, 6.07) is 12.4. The first-order valence-corrected chi connectivity index (χ1v) is 7.59. The largest absolute Gasteiger partial charge is 0.481 e. The Bertz CT molecular complexity index is 714. The molecule has 1 amide bonds. The number of pyridine rings is 1. The van der Waals surface area contributed by atoms with Gasteiger partial charge in [-0.05, 0) is 38.5 Å². The molecular formula is C18H20N2O4. The smallest absolute Gasteiger partial charge is 0.303 e. The van der Waals surface area contributed by atoms with Crippen LogP contribution in [-0.2, 0) is 4.79 Å². The summed E-state index contributed by atoms with van der Waals surface area (Å²) in [6.45, 7) is 3.55. The van der Waals surface area contributed by atoms with E-state index in [0.29, 0.717) is 17.9 Å². The van der Waals surface area contributed by atoms with Gasteiger partial charge in [-0.2, -0.15) is 0 Å². The lowest BCUT2D eigenvalue weighted by Gasteiger charge is -2.25.